The van der Waals surface area contributed by atoms with Crippen molar-refractivity contribution in [2.75, 3.05) is 5.75 Å². The van der Waals surface area contributed by atoms with Crippen LogP contribution in [0.15, 0.2) is 23.0 Å². The molecule has 2 aromatic rings. The van der Waals surface area contributed by atoms with E-state index in [1.165, 1.54) is 6.07 Å². The lowest BCUT2D eigenvalue weighted by Gasteiger charge is -2.12. The van der Waals surface area contributed by atoms with Gasteiger partial charge in [0.1, 0.15) is 0 Å². The van der Waals surface area contributed by atoms with E-state index in [4.69, 9.17) is 5.11 Å². The van der Waals surface area contributed by atoms with Gasteiger partial charge in [-0.2, -0.15) is 11.8 Å². The van der Waals surface area contributed by atoms with Gasteiger partial charge in [0.2, 0.25) is 0 Å². The number of aromatic nitrogens is 2. The second kappa shape index (κ2) is 5.60. The van der Waals surface area contributed by atoms with Gasteiger partial charge in [0, 0.05) is 11.3 Å². The normalized spacial score (nSPS) is 22.0. The molecule has 2 atom stereocenters. The largest absolute Gasteiger partial charge is 0.478 e. The molecule has 1 fully saturated rings. The third-order valence-corrected chi connectivity index (χ3v) is 5.32. The Balaban J connectivity index is 1.98. The smallest absolute Gasteiger partial charge is 0.335 e. The number of carboxylic acids is 1. The lowest BCUT2D eigenvalue weighted by molar-refractivity contribution is 0.0697. The lowest BCUT2D eigenvalue weighted by atomic mass is 10.2. The summed E-state index contributed by atoms with van der Waals surface area (Å²) in [6, 6.07) is 5.03. The number of H-pyrrole nitrogens is 1. The highest BCUT2D eigenvalue weighted by molar-refractivity contribution is 7.99. The summed E-state index contributed by atoms with van der Waals surface area (Å²) >= 11 is 1.95. The Morgan fingerprint density at radius 3 is 3.00 bits per heavy atom. The molecule has 1 aliphatic carbocycles. The Hall–Kier alpha value is -1.69. The van der Waals surface area contributed by atoms with Crippen molar-refractivity contribution in [3.05, 3.63) is 34.2 Å². The van der Waals surface area contributed by atoms with Gasteiger partial charge in [-0.1, -0.05) is 6.92 Å². The fourth-order valence-electron chi connectivity index (χ4n) is 3.17. The van der Waals surface area contributed by atoms with E-state index in [-0.39, 0.29) is 17.3 Å². The molecule has 0 spiro atoms. The fourth-order valence-corrected chi connectivity index (χ4v) is 4.30. The minimum Gasteiger partial charge on any atom is -0.478 e. The Bertz CT molecular complexity index is 734. The Kier molecular flexibility index (Phi) is 3.80. The first-order valence-corrected chi connectivity index (χ1v) is 8.24. The Morgan fingerprint density at radius 1 is 1.48 bits per heavy atom. The van der Waals surface area contributed by atoms with Gasteiger partial charge in [-0.15, -0.1) is 0 Å². The summed E-state index contributed by atoms with van der Waals surface area (Å²) in [5.74, 6) is 0.119. The first-order chi connectivity index (χ1) is 10.1. The van der Waals surface area contributed by atoms with Crippen molar-refractivity contribution < 1.29 is 9.90 Å². The van der Waals surface area contributed by atoms with E-state index in [9.17, 15) is 9.59 Å². The zero-order valence-corrected chi connectivity index (χ0v) is 12.7. The molecule has 0 aliphatic heterocycles. The lowest BCUT2D eigenvalue weighted by Crippen LogP contribution is -2.20. The van der Waals surface area contributed by atoms with Crippen LogP contribution in [0.2, 0.25) is 0 Å². The zero-order chi connectivity index (χ0) is 15.0. The van der Waals surface area contributed by atoms with Crippen LogP contribution in [0.5, 0.6) is 0 Å². The van der Waals surface area contributed by atoms with Gasteiger partial charge in [0.15, 0.2) is 0 Å². The summed E-state index contributed by atoms with van der Waals surface area (Å²) in [6.45, 7) is 2.16. The average Bonchev–Trinajstić information content (AvgIpc) is 3.01. The molecular weight excluding hydrogens is 288 g/mol. The topological polar surface area (TPSA) is 75.1 Å². The maximum Gasteiger partial charge on any atom is 0.335 e. The number of nitrogens with zero attached hydrogens (tertiary/aromatic N) is 1. The van der Waals surface area contributed by atoms with Crippen molar-refractivity contribution in [2.45, 2.75) is 37.5 Å². The standard InChI is InChI=1S/C15H18N2O3S/c1-2-21-11-5-4-10(8-11)17-13-6-3-9(14(18)19)7-12(13)16-15(17)20/h3,6-7,10-11H,2,4-5,8H2,1H3,(H,16,20)(H,18,19). The predicted molar refractivity (Wildman–Crippen MR) is 84.3 cm³/mol. The van der Waals surface area contributed by atoms with E-state index >= 15 is 0 Å². The average molecular weight is 306 g/mol. The Labute approximate surface area is 126 Å². The highest BCUT2D eigenvalue weighted by Gasteiger charge is 2.28. The fraction of sp³-hybridized carbons (Fsp3) is 0.467. The number of rotatable bonds is 4. The van der Waals surface area contributed by atoms with Crippen LogP contribution in [0, 0.1) is 0 Å². The van der Waals surface area contributed by atoms with Crippen molar-refractivity contribution >= 4 is 28.8 Å². The van der Waals surface area contributed by atoms with Crippen LogP contribution in [-0.2, 0) is 0 Å². The number of carboxylic acid groups (broad SMARTS) is 1. The van der Waals surface area contributed by atoms with Crippen LogP contribution in [0.25, 0.3) is 11.0 Å². The number of thioether (sulfide) groups is 1. The third kappa shape index (κ3) is 2.60. The molecule has 1 saturated carbocycles. The third-order valence-electron chi connectivity index (χ3n) is 4.09. The van der Waals surface area contributed by atoms with Crippen LogP contribution in [0.3, 0.4) is 0 Å². The minimum absolute atomic E-state index is 0.139. The monoisotopic (exact) mass is 306 g/mol. The summed E-state index contributed by atoms with van der Waals surface area (Å²) in [4.78, 5) is 26.0. The second-order valence-electron chi connectivity index (χ2n) is 5.38. The van der Waals surface area contributed by atoms with Crippen LogP contribution in [-0.4, -0.2) is 31.6 Å². The number of hydrogen-bond donors (Lipinski definition) is 2. The van der Waals surface area contributed by atoms with E-state index < -0.39 is 5.97 Å². The molecule has 2 unspecified atom stereocenters. The van der Waals surface area contributed by atoms with Crippen LogP contribution >= 0.6 is 11.8 Å². The van der Waals surface area contributed by atoms with Gasteiger partial charge in [-0.05, 0) is 43.2 Å². The number of benzene rings is 1. The molecule has 2 N–H and O–H groups in total. The molecule has 0 saturated heterocycles. The van der Waals surface area contributed by atoms with E-state index in [1.54, 1.807) is 16.7 Å². The van der Waals surface area contributed by atoms with Gasteiger partial charge in [-0.3, -0.25) is 4.57 Å². The number of hydrogen-bond acceptors (Lipinski definition) is 3. The molecule has 5 nitrogen and oxygen atoms in total. The van der Waals surface area contributed by atoms with Gasteiger partial charge >= 0.3 is 11.7 Å². The minimum atomic E-state index is -0.981. The Morgan fingerprint density at radius 2 is 2.29 bits per heavy atom. The summed E-state index contributed by atoms with van der Waals surface area (Å²) in [7, 11) is 0. The number of imidazole rings is 1. The number of aromatic amines is 1. The van der Waals surface area contributed by atoms with Crippen molar-refractivity contribution in [1.29, 1.82) is 0 Å². The van der Waals surface area contributed by atoms with E-state index in [0.29, 0.717) is 10.8 Å². The molecule has 1 aliphatic rings. The number of carbonyl (C=O) groups is 1. The quantitative estimate of drug-likeness (QED) is 0.911. The van der Waals surface area contributed by atoms with Crippen LogP contribution in [0.4, 0.5) is 0 Å². The summed E-state index contributed by atoms with van der Waals surface area (Å²) < 4.78 is 1.80. The zero-order valence-electron chi connectivity index (χ0n) is 11.8. The molecule has 1 heterocycles. The molecule has 1 aromatic heterocycles. The van der Waals surface area contributed by atoms with E-state index in [2.05, 4.69) is 11.9 Å². The first kappa shape index (κ1) is 14.3. The first-order valence-electron chi connectivity index (χ1n) is 7.19. The SMILES string of the molecule is CCSC1CCC(n2c(=O)[nH]c3cc(C(=O)O)ccc32)C1. The van der Waals surface area contributed by atoms with E-state index in [0.717, 1.165) is 30.5 Å². The molecule has 21 heavy (non-hydrogen) atoms. The molecular formula is C15H18N2O3S. The van der Waals surface area contributed by atoms with Gasteiger partial charge in [0.05, 0.1) is 16.6 Å². The van der Waals surface area contributed by atoms with Gasteiger partial charge in [-0.25, -0.2) is 9.59 Å². The summed E-state index contributed by atoms with van der Waals surface area (Å²) in [5.41, 5.74) is 1.46. The molecule has 112 valence electrons. The summed E-state index contributed by atoms with van der Waals surface area (Å²) in [5, 5.41) is 9.64. The maximum atomic E-state index is 12.2. The summed E-state index contributed by atoms with van der Waals surface area (Å²) in [6.07, 6.45) is 3.15. The molecule has 1 aromatic carbocycles. The highest BCUT2D eigenvalue weighted by Crippen LogP contribution is 2.37. The van der Waals surface area contributed by atoms with Crippen molar-refractivity contribution in [1.82, 2.24) is 9.55 Å². The molecule has 0 bridgehead atoms. The van der Waals surface area contributed by atoms with Crippen molar-refractivity contribution in [3.8, 4) is 0 Å². The van der Waals surface area contributed by atoms with Gasteiger partial charge < -0.3 is 10.1 Å². The van der Waals surface area contributed by atoms with Crippen LogP contribution < -0.4 is 5.69 Å². The van der Waals surface area contributed by atoms with Crippen molar-refractivity contribution in [2.24, 2.45) is 0 Å². The molecule has 0 radical (unpaired) electrons. The number of aromatic carboxylic acids is 1. The van der Waals surface area contributed by atoms with Crippen LogP contribution in [0.1, 0.15) is 42.6 Å². The molecule has 0 amide bonds. The maximum absolute atomic E-state index is 12.2. The highest BCUT2D eigenvalue weighted by atomic mass is 32.2. The van der Waals surface area contributed by atoms with E-state index in [1.807, 2.05) is 11.8 Å². The molecule has 6 heteroatoms. The second-order valence-corrected chi connectivity index (χ2v) is 6.96. The molecule has 3 rings (SSSR count). The predicted octanol–water partition coefficient (Wildman–Crippen LogP) is 2.87. The number of fused-ring (bicyclic) bond motifs is 1. The van der Waals surface area contributed by atoms with Gasteiger partial charge in [0.25, 0.3) is 0 Å². The number of nitrogens with one attached hydrogen (secondary N) is 1. The van der Waals surface area contributed by atoms with Crippen molar-refractivity contribution in [3.63, 3.8) is 0 Å².